The van der Waals surface area contributed by atoms with E-state index in [4.69, 9.17) is 16.7 Å². The molecule has 86 valence electrons. The quantitative estimate of drug-likeness (QED) is 0.616. The fraction of sp³-hybridized carbons (Fsp3) is 0.727. The van der Waals surface area contributed by atoms with Crippen molar-refractivity contribution in [3.63, 3.8) is 0 Å². The van der Waals surface area contributed by atoms with Gasteiger partial charge in [-0.15, -0.1) is 11.6 Å². The highest BCUT2D eigenvalue weighted by molar-refractivity contribution is 8.00. The maximum absolute atomic E-state index is 10.4. The number of rotatable bonds is 3. The van der Waals surface area contributed by atoms with Gasteiger partial charge in [-0.3, -0.25) is 0 Å². The minimum absolute atomic E-state index is 0.129. The van der Waals surface area contributed by atoms with E-state index in [0.29, 0.717) is 5.92 Å². The smallest absolute Gasteiger partial charge is 0.327 e. The molecule has 1 saturated carbocycles. The van der Waals surface area contributed by atoms with Crippen molar-refractivity contribution in [2.24, 2.45) is 5.92 Å². The highest BCUT2D eigenvalue weighted by atomic mass is 35.5. The Morgan fingerprint density at radius 3 is 2.80 bits per heavy atom. The molecule has 0 aromatic rings. The van der Waals surface area contributed by atoms with E-state index in [0.717, 1.165) is 19.3 Å². The van der Waals surface area contributed by atoms with Crippen LogP contribution in [-0.4, -0.2) is 27.5 Å². The Bertz CT molecular complexity index is 267. The van der Waals surface area contributed by atoms with E-state index in [1.54, 1.807) is 6.08 Å². The van der Waals surface area contributed by atoms with Crippen LogP contribution in [0.3, 0.4) is 0 Å². The number of hydrogen-bond donors (Lipinski definition) is 1. The minimum atomic E-state index is -0.876. The number of alkyl halides is 1. The first-order chi connectivity index (χ1) is 6.98. The molecule has 2 nitrogen and oxygen atoms in total. The summed E-state index contributed by atoms with van der Waals surface area (Å²) in [6.07, 6.45) is 8.06. The van der Waals surface area contributed by atoms with Gasteiger partial charge in [0.15, 0.2) is 0 Å². The van der Waals surface area contributed by atoms with Gasteiger partial charge in [-0.25, -0.2) is 4.79 Å². The first-order valence-corrected chi connectivity index (χ1v) is 6.74. The zero-order valence-electron chi connectivity index (χ0n) is 9.07. The summed E-state index contributed by atoms with van der Waals surface area (Å²) in [6.45, 7) is 2.19. The maximum atomic E-state index is 10.4. The van der Waals surface area contributed by atoms with Gasteiger partial charge < -0.3 is 5.11 Å². The standard InChI is InChI=1S/C11H17ClO2S/c1-11(15-2)6-5-8(7-9(11)12)3-4-10(13)14/h3-4,8-9H,5-7H2,1-2H3,(H,13,14). The number of carboxylic acid groups (broad SMARTS) is 1. The molecule has 0 saturated heterocycles. The summed E-state index contributed by atoms with van der Waals surface area (Å²) in [7, 11) is 0. The Kier molecular flexibility index (Phi) is 4.53. The Hall–Kier alpha value is -0.150. The molecule has 1 rings (SSSR count). The lowest BCUT2D eigenvalue weighted by Crippen LogP contribution is -2.37. The lowest BCUT2D eigenvalue weighted by molar-refractivity contribution is -0.131. The molecule has 0 bridgehead atoms. The van der Waals surface area contributed by atoms with Crippen LogP contribution in [0.15, 0.2) is 12.2 Å². The van der Waals surface area contributed by atoms with Crippen LogP contribution in [0.1, 0.15) is 26.2 Å². The minimum Gasteiger partial charge on any atom is -0.478 e. The molecule has 0 spiro atoms. The first kappa shape index (κ1) is 12.9. The summed E-state index contributed by atoms with van der Waals surface area (Å²) in [5, 5.41) is 8.66. The van der Waals surface area contributed by atoms with Crippen LogP contribution in [0, 0.1) is 5.92 Å². The fourth-order valence-electron chi connectivity index (χ4n) is 1.88. The number of carboxylic acids is 1. The molecular weight excluding hydrogens is 232 g/mol. The molecule has 1 fully saturated rings. The van der Waals surface area contributed by atoms with Crippen molar-refractivity contribution in [2.75, 3.05) is 6.26 Å². The fourth-order valence-corrected chi connectivity index (χ4v) is 3.16. The van der Waals surface area contributed by atoms with E-state index in [9.17, 15) is 4.79 Å². The summed E-state index contributed by atoms with van der Waals surface area (Å²) in [4.78, 5) is 10.4. The van der Waals surface area contributed by atoms with Gasteiger partial charge in [0.2, 0.25) is 0 Å². The molecule has 0 heterocycles. The summed E-state index contributed by atoms with van der Waals surface area (Å²) in [5.74, 6) is -0.553. The van der Waals surface area contributed by atoms with Crippen molar-refractivity contribution >= 4 is 29.3 Å². The number of hydrogen-bond acceptors (Lipinski definition) is 2. The van der Waals surface area contributed by atoms with Crippen molar-refractivity contribution in [3.8, 4) is 0 Å². The third kappa shape index (κ3) is 3.42. The van der Waals surface area contributed by atoms with Gasteiger partial charge >= 0.3 is 5.97 Å². The molecule has 0 aliphatic heterocycles. The summed E-state index contributed by atoms with van der Waals surface area (Å²) in [6, 6.07) is 0. The van der Waals surface area contributed by atoms with Crippen molar-refractivity contribution in [1.29, 1.82) is 0 Å². The van der Waals surface area contributed by atoms with E-state index in [1.807, 2.05) is 11.8 Å². The molecule has 0 aromatic heterocycles. The SMILES string of the molecule is CSC1(C)CCC(C=CC(=O)O)CC1Cl. The molecule has 0 radical (unpaired) electrons. The highest BCUT2D eigenvalue weighted by Gasteiger charge is 2.37. The average Bonchev–Trinajstić information content (AvgIpc) is 2.20. The summed E-state index contributed by atoms with van der Waals surface area (Å²) >= 11 is 8.14. The Morgan fingerprint density at radius 2 is 2.33 bits per heavy atom. The Balaban J connectivity index is 2.54. The number of allylic oxidation sites excluding steroid dienone is 1. The van der Waals surface area contributed by atoms with Crippen molar-refractivity contribution in [2.45, 2.75) is 36.3 Å². The number of carbonyl (C=O) groups is 1. The van der Waals surface area contributed by atoms with Crippen LogP contribution in [0.4, 0.5) is 0 Å². The largest absolute Gasteiger partial charge is 0.478 e. The van der Waals surface area contributed by atoms with Crippen LogP contribution in [0.25, 0.3) is 0 Å². The van der Waals surface area contributed by atoms with Gasteiger partial charge in [0.05, 0.1) is 0 Å². The Labute approximate surface area is 100 Å². The third-order valence-corrected chi connectivity index (χ3v) is 5.37. The second-order valence-electron chi connectivity index (χ2n) is 4.22. The molecule has 3 atom stereocenters. The molecule has 15 heavy (non-hydrogen) atoms. The predicted molar refractivity (Wildman–Crippen MR) is 65.7 cm³/mol. The lowest BCUT2D eigenvalue weighted by Gasteiger charge is -2.39. The topological polar surface area (TPSA) is 37.3 Å². The summed E-state index contributed by atoms with van der Waals surface area (Å²) in [5.41, 5.74) is 0. The van der Waals surface area contributed by atoms with Crippen molar-refractivity contribution in [3.05, 3.63) is 12.2 Å². The van der Waals surface area contributed by atoms with Crippen LogP contribution in [-0.2, 0) is 4.79 Å². The van der Waals surface area contributed by atoms with E-state index in [2.05, 4.69) is 13.2 Å². The lowest BCUT2D eigenvalue weighted by atomic mass is 9.81. The second kappa shape index (κ2) is 5.26. The van der Waals surface area contributed by atoms with Gasteiger partial charge in [-0.2, -0.15) is 11.8 Å². The van der Waals surface area contributed by atoms with Crippen molar-refractivity contribution in [1.82, 2.24) is 0 Å². The third-order valence-electron chi connectivity index (χ3n) is 3.16. The molecular formula is C11H17ClO2S. The van der Waals surface area contributed by atoms with Gasteiger partial charge in [0.1, 0.15) is 0 Å². The van der Waals surface area contributed by atoms with E-state index in [1.165, 1.54) is 6.08 Å². The van der Waals surface area contributed by atoms with Crippen LogP contribution >= 0.6 is 23.4 Å². The van der Waals surface area contributed by atoms with Gasteiger partial charge in [-0.1, -0.05) is 6.08 Å². The van der Waals surface area contributed by atoms with Gasteiger partial charge in [0, 0.05) is 16.2 Å². The van der Waals surface area contributed by atoms with E-state index >= 15 is 0 Å². The molecule has 0 amide bonds. The van der Waals surface area contributed by atoms with Gasteiger partial charge in [-0.05, 0) is 38.4 Å². The zero-order valence-corrected chi connectivity index (χ0v) is 10.6. The molecule has 3 unspecified atom stereocenters. The molecule has 1 aliphatic rings. The second-order valence-corrected chi connectivity index (χ2v) is 6.08. The number of aliphatic carboxylic acids is 1. The average molecular weight is 249 g/mol. The zero-order chi connectivity index (χ0) is 11.5. The molecule has 1 aliphatic carbocycles. The molecule has 4 heteroatoms. The number of halogens is 1. The van der Waals surface area contributed by atoms with Crippen LogP contribution < -0.4 is 0 Å². The monoisotopic (exact) mass is 248 g/mol. The molecule has 0 aromatic carbocycles. The van der Waals surface area contributed by atoms with Gasteiger partial charge in [0.25, 0.3) is 0 Å². The molecule has 1 N–H and O–H groups in total. The van der Waals surface area contributed by atoms with Crippen molar-refractivity contribution < 1.29 is 9.90 Å². The number of thioether (sulfide) groups is 1. The van der Waals surface area contributed by atoms with Crippen LogP contribution in [0.5, 0.6) is 0 Å². The Morgan fingerprint density at radius 1 is 1.67 bits per heavy atom. The van der Waals surface area contributed by atoms with Crippen LogP contribution in [0.2, 0.25) is 0 Å². The normalized spacial score (nSPS) is 37.0. The van der Waals surface area contributed by atoms with E-state index < -0.39 is 5.97 Å². The summed E-state index contributed by atoms with van der Waals surface area (Å²) < 4.78 is 0.148. The maximum Gasteiger partial charge on any atom is 0.327 e. The first-order valence-electron chi connectivity index (χ1n) is 5.08. The predicted octanol–water partition coefficient (Wildman–Crippen LogP) is 3.16. The highest BCUT2D eigenvalue weighted by Crippen LogP contribution is 2.43. The van der Waals surface area contributed by atoms with E-state index in [-0.39, 0.29) is 10.1 Å².